The first-order chi connectivity index (χ1) is 12.4. The van der Waals surface area contributed by atoms with Crippen molar-refractivity contribution >= 4 is 5.97 Å². The molecule has 26 heavy (non-hydrogen) atoms. The van der Waals surface area contributed by atoms with E-state index >= 15 is 0 Å². The summed E-state index contributed by atoms with van der Waals surface area (Å²) in [4.78, 5) is 11.4. The smallest absolute Gasteiger partial charge is 0.302 e. The number of fused-ring (bicyclic) bond motifs is 3. The predicted octanol–water partition coefficient (Wildman–Crippen LogP) is 3.88. The summed E-state index contributed by atoms with van der Waals surface area (Å²) in [5.41, 5.74) is 2.27. The van der Waals surface area contributed by atoms with Crippen molar-refractivity contribution in [2.45, 2.75) is 33.8 Å². The summed E-state index contributed by atoms with van der Waals surface area (Å²) < 4.78 is 22.8. The molecule has 0 spiro atoms. The van der Waals surface area contributed by atoms with Crippen molar-refractivity contribution in [2.75, 3.05) is 20.0 Å². The van der Waals surface area contributed by atoms with E-state index in [1.165, 1.54) is 12.5 Å². The van der Waals surface area contributed by atoms with E-state index in [4.69, 9.17) is 18.9 Å². The fourth-order valence-electron chi connectivity index (χ4n) is 4.88. The van der Waals surface area contributed by atoms with Crippen LogP contribution in [0.1, 0.15) is 39.4 Å². The Labute approximate surface area is 154 Å². The summed E-state index contributed by atoms with van der Waals surface area (Å²) in [7, 11) is 0. The Kier molecular flexibility index (Phi) is 4.22. The minimum Gasteiger partial charge on any atom is -0.465 e. The van der Waals surface area contributed by atoms with E-state index in [-0.39, 0.29) is 30.2 Å². The van der Waals surface area contributed by atoms with Gasteiger partial charge in [-0.1, -0.05) is 31.6 Å². The van der Waals surface area contributed by atoms with Crippen LogP contribution in [0.4, 0.5) is 0 Å². The zero-order valence-electron chi connectivity index (χ0n) is 15.8. The summed E-state index contributed by atoms with van der Waals surface area (Å²) in [6, 6.07) is 6.05. The van der Waals surface area contributed by atoms with E-state index in [2.05, 4.69) is 32.9 Å². The molecule has 0 saturated carbocycles. The van der Waals surface area contributed by atoms with E-state index < -0.39 is 0 Å². The van der Waals surface area contributed by atoms with E-state index in [0.717, 1.165) is 17.1 Å². The first-order valence-electron chi connectivity index (χ1n) is 9.25. The molecular weight excluding hydrogens is 332 g/mol. The van der Waals surface area contributed by atoms with Gasteiger partial charge < -0.3 is 18.9 Å². The Hall–Kier alpha value is -2.01. The van der Waals surface area contributed by atoms with E-state index in [9.17, 15) is 4.79 Å². The normalized spacial score (nSPS) is 35.0. The van der Waals surface area contributed by atoms with Gasteiger partial charge in [-0.05, 0) is 36.5 Å². The van der Waals surface area contributed by atoms with Gasteiger partial charge in [0.1, 0.15) is 0 Å². The quantitative estimate of drug-likeness (QED) is 0.606. The number of hydrogen-bond donors (Lipinski definition) is 0. The number of rotatable bonds is 3. The molecule has 2 heterocycles. The van der Waals surface area contributed by atoms with E-state index in [1.807, 2.05) is 12.1 Å². The number of benzene rings is 1. The van der Waals surface area contributed by atoms with Crippen molar-refractivity contribution < 1.29 is 23.7 Å². The van der Waals surface area contributed by atoms with Crippen molar-refractivity contribution in [1.82, 2.24) is 0 Å². The van der Waals surface area contributed by atoms with Gasteiger partial charge in [-0.15, -0.1) is 0 Å². The molecule has 2 bridgehead atoms. The minimum absolute atomic E-state index is 0.0336. The van der Waals surface area contributed by atoms with Gasteiger partial charge in [0.25, 0.3) is 0 Å². The summed E-state index contributed by atoms with van der Waals surface area (Å²) in [6.45, 7) is 9.36. The summed E-state index contributed by atoms with van der Waals surface area (Å²) in [5, 5.41) is 0. The molecular formula is C21H26O5. The Bertz CT molecular complexity index is 755. The van der Waals surface area contributed by atoms with Gasteiger partial charge >= 0.3 is 5.97 Å². The first kappa shape index (κ1) is 17.4. The Morgan fingerprint density at radius 1 is 1.27 bits per heavy atom. The van der Waals surface area contributed by atoms with Crippen LogP contribution in [0.5, 0.6) is 11.5 Å². The van der Waals surface area contributed by atoms with Crippen molar-refractivity contribution in [1.29, 1.82) is 0 Å². The molecule has 1 saturated heterocycles. The third-order valence-electron chi connectivity index (χ3n) is 6.52. The maximum absolute atomic E-state index is 11.4. The zero-order chi connectivity index (χ0) is 18.5. The highest BCUT2D eigenvalue weighted by atomic mass is 16.7. The molecule has 3 aliphatic rings. The third-order valence-corrected chi connectivity index (χ3v) is 6.52. The average molecular weight is 358 g/mol. The largest absolute Gasteiger partial charge is 0.465 e. The lowest BCUT2D eigenvalue weighted by Crippen LogP contribution is -2.54. The Morgan fingerprint density at radius 2 is 2.04 bits per heavy atom. The molecule has 2 aliphatic heterocycles. The van der Waals surface area contributed by atoms with Gasteiger partial charge in [0.05, 0.1) is 19.3 Å². The fourth-order valence-corrected chi connectivity index (χ4v) is 4.88. The highest BCUT2D eigenvalue weighted by Gasteiger charge is 2.54. The number of ether oxygens (including phenoxy) is 4. The molecule has 1 fully saturated rings. The highest BCUT2D eigenvalue weighted by Crippen LogP contribution is 2.56. The van der Waals surface area contributed by atoms with Gasteiger partial charge in [-0.3, -0.25) is 4.79 Å². The number of carbonyl (C=O) groups excluding carboxylic acids is 1. The van der Waals surface area contributed by atoms with Crippen LogP contribution in [-0.2, 0) is 14.3 Å². The van der Waals surface area contributed by atoms with Gasteiger partial charge in [-0.2, -0.15) is 0 Å². The van der Waals surface area contributed by atoms with Gasteiger partial charge in [0.2, 0.25) is 6.79 Å². The van der Waals surface area contributed by atoms with Crippen LogP contribution in [0.2, 0.25) is 0 Å². The number of esters is 1. The van der Waals surface area contributed by atoms with Crippen LogP contribution in [0.15, 0.2) is 29.8 Å². The van der Waals surface area contributed by atoms with Crippen LogP contribution in [0, 0.1) is 23.2 Å². The maximum atomic E-state index is 11.4. The van der Waals surface area contributed by atoms with Crippen LogP contribution < -0.4 is 9.47 Å². The average Bonchev–Trinajstić information content (AvgIpc) is 3.06. The van der Waals surface area contributed by atoms with Crippen molar-refractivity contribution in [2.24, 2.45) is 23.2 Å². The van der Waals surface area contributed by atoms with Crippen LogP contribution in [0.25, 0.3) is 0 Å². The molecule has 0 radical (unpaired) electrons. The van der Waals surface area contributed by atoms with E-state index in [1.54, 1.807) is 0 Å². The zero-order valence-corrected chi connectivity index (χ0v) is 15.8. The Morgan fingerprint density at radius 3 is 2.81 bits per heavy atom. The topological polar surface area (TPSA) is 54.0 Å². The minimum atomic E-state index is -0.237. The van der Waals surface area contributed by atoms with E-state index in [0.29, 0.717) is 25.0 Å². The first-order valence-corrected chi connectivity index (χ1v) is 9.25. The second-order valence-electron chi connectivity index (χ2n) is 7.87. The molecule has 4 rings (SSSR count). The van der Waals surface area contributed by atoms with Gasteiger partial charge in [0.15, 0.2) is 11.5 Å². The summed E-state index contributed by atoms with van der Waals surface area (Å²) in [5.74, 6) is 2.21. The van der Waals surface area contributed by atoms with Crippen molar-refractivity contribution in [3.63, 3.8) is 0 Å². The van der Waals surface area contributed by atoms with Gasteiger partial charge in [0, 0.05) is 18.3 Å². The van der Waals surface area contributed by atoms with Crippen LogP contribution in [-0.4, -0.2) is 26.0 Å². The second kappa shape index (κ2) is 6.31. The molecule has 1 aromatic carbocycles. The highest BCUT2D eigenvalue weighted by molar-refractivity contribution is 5.66. The Balaban J connectivity index is 1.67. The number of carbonyl (C=O) groups is 1. The molecule has 5 atom stereocenters. The molecule has 1 aromatic rings. The molecule has 5 heteroatoms. The number of allylic oxidation sites excluding steroid dienone is 1. The van der Waals surface area contributed by atoms with Crippen molar-refractivity contribution in [3.05, 3.63) is 35.4 Å². The number of hydrogen-bond acceptors (Lipinski definition) is 5. The van der Waals surface area contributed by atoms with Crippen LogP contribution in [0.3, 0.4) is 0 Å². The molecule has 1 aliphatic carbocycles. The standard InChI is InChI=1S/C21H26O5/c1-12-7-13(2)21(9-23-15(4)22)10-24-20(19(12)14(21)3)16-5-6-17-18(8-16)26-11-25-17/h5-8,13-14,19-20H,9-11H2,1-4H3/t13-,14+,19+,20+,21-/m0/s1. The third kappa shape index (κ3) is 2.60. The van der Waals surface area contributed by atoms with Gasteiger partial charge in [-0.25, -0.2) is 0 Å². The predicted molar refractivity (Wildman–Crippen MR) is 95.9 cm³/mol. The lowest BCUT2D eigenvalue weighted by Gasteiger charge is -2.55. The van der Waals surface area contributed by atoms with Crippen molar-refractivity contribution in [3.8, 4) is 11.5 Å². The van der Waals surface area contributed by atoms with Crippen LogP contribution >= 0.6 is 0 Å². The lowest BCUT2D eigenvalue weighted by molar-refractivity contribution is -0.180. The fraction of sp³-hybridized carbons (Fsp3) is 0.571. The lowest BCUT2D eigenvalue weighted by atomic mass is 9.56. The molecule has 0 N–H and O–H groups in total. The molecule has 0 unspecified atom stereocenters. The monoisotopic (exact) mass is 358 g/mol. The summed E-state index contributed by atoms with van der Waals surface area (Å²) >= 11 is 0. The maximum Gasteiger partial charge on any atom is 0.302 e. The SMILES string of the molecule is CC(=O)OC[C@]12CO[C@H](c3ccc4c(c3)OCO4)[C@H](C(C)=C[C@@H]1C)[C@H]2C. The molecule has 140 valence electrons. The molecule has 5 nitrogen and oxygen atoms in total. The second-order valence-corrected chi connectivity index (χ2v) is 7.87. The molecule has 0 aromatic heterocycles. The summed E-state index contributed by atoms with van der Waals surface area (Å²) in [6.07, 6.45) is 2.30. The molecule has 0 amide bonds.